The van der Waals surface area contributed by atoms with Crippen molar-refractivity contribution < 1.29 is 14.7 Å². The molecule has 0 spiro atoms. The predicted molar refractivity (Wildman–Crippen MR) is 84.6 cm³/mol. The van der Waals surface area contributed by atoms with Crippen LogP contribution in [-0.4, -0.2) is 21.8 Å². The lowest BCUT2D eigenvalue weighted by Crippen LogP contribution is -2.08. The van der Waals surface area contributed by atoms with Crippen LogP contribution in [0.3, 0.4) is 0 Å². The number of aromatic amines is 1. The smallest absolute Gasteiger partial charge is 0.338 e. The Morgan fingerprint density at radius 3 is 2.32 bits per heavy atom. The van der Waals surface area contributed by atoms with E-state index in [1.54, 1.807) is 24.3 Å². The molecule has 3 aromatic rings. The van der Waals surface area contributed by atoms with Crippen LogP contribution in [-0.2, 0) is 0 Å². The molecular formula is C18H15NO3. The number of carboxylic acid groups (broad SMARTS) is 1. The summed E-state index contributed by atoms with van der Waals surface area (Å²) in [5, 5.41) is 10.1. The van der Waals surface area contributed by atoms with Gasteiger partial charge in [0.05, 0.1) is 5.56 Å². The number of carbonyl (C=O) groups excluding carboxylic acids is 1. The molecule has 0 atom stereocenters. The molecule has 0 saturated carbocycles. The molecule has 110 valence electrons. The highest BCUT2D eigenvalue weighted by molar-refractivity contribution is 6.19. The summed E-state index contributed by atoms with van der Waals surface area (Å²) < 4.78 is 0. The molecule has 22 heavy (non-hydrogen) atoms. The zero-order chi connectivity index (χ0) is 15.9. The van der Waals surface area contributed by atoms with Crippen molar-refractivity contribution in [2.45, 2.75) is 13.8 Å². The van der Waals surface area contributed by atoms with Crippen LogP contribution in [0.5, 0.6) is 0 Å². The third-order valence-electron chi connectivity index (χ3n) is 3.80. The van der Waals surface area contributed by atoms with E-state index in [0.29, 0.717) is 16.5 Å². The summed E-state index contributed by atoms with van der Waals surface area (Å²) in [6.45, 7) is 3.81. The Morgan fingerprint density at radius 2 is 1.68 bits per heavy atom. The number of fused-ring (bicyclic) bond motifs is 1. The van der Waals surface area contributed by atoms with Gasteiger partial charge in [-0.1, -0.05) is 48.0 Å². The van der Waals surface area contributed by atoms with Gasteiger partial charge < -0.3 is 10.1 Å². The van der Waals surface area contributed by atoms with Gasteiger partial charge >= 0.3 is 5.97 Å². The van der Waals surface area contributed by atoms with Crippen molar-refractivity contribution >= 4 is 22.7 Å². The third kappa shape index (κ3) is 2.19. The first-order chi connectivity index (χ1) is 10.5. The second kappa shape index (κ2) is 5.15. The molecule has 4 heteroatoms. The van der Waals surface area contributed by atoms with E-state index in [1.807, 2.05) is 32.0 Å². The molecule has 0 saturated heterocycles. The van der Waals surface area contributed by atoms with Crippen molar-refractivity contribution in [2.75, 3.05) is 0 Å². The van der Waals surface area contributed by atoms with Gasteiger partial charge in [0.2, 0.25) is 5.78 Å². The van der Waals surface area contributed by atoms with E-state index in [1.165, 1.54) is 0 Å². The quantitative estimate of drug-likeness (QED) is 0.723. The number of carbonyl (C=O) groups is 2. The van der Waals surface area contributed by atoms with Crippen LogP contribution in [0.4, 0.5) is 0 Å². The van der Waals surface area contributed by atoms with Gasteiger partial charge in [0.25, 0.3) is 0 Å². The number of para-hydroxylation sites is 1. The molecule has 2 N–H and O–H groups in total. The summed E-state index contributed by atoms with van der Waals surface area (Å²) in [6.07, 6.45) is 0. The number of benzene rings is 2. The molecule has 0 bridgehead atoms. The van der Waals surface area contributed by atoms with Crippen molar-refractivity contribution in [3.05, 3.63) is 70.4 Å². The van der Waals surface area contributed by atoms with E-state index < -0.39 is 5.97 Å². The second-order valence-electron chi connectivity index (χ2n) is 5.37. The van der Waals surface area contributed by atoms with Crippen molar-refractivity contribution in [2.24, 2.45) is 0 Å². The average molecular weight is 293 g/mol. The molecule has 4 nitrogen and oxygen atoms in total. The topological polar surface area (TPSA) is 70.2 Å². The maximum Gasteiger partial charge on any atom is 0.338 e. The van der Waals surface area contributed by atoms with Gasteiger partial charge in [0, 0.05) is 16.5 Å². The highest BCUT2D eigenvalue weighted by Crippen LogP contribution is 2.26. The molecule has 0 aliphatic rings. The number of carboxylic acids is 1. The molecule has 0 radical (unpaired) electrons. The van der Waals surface area contributed by atoms with Gasteiger partial charge in [-0.05, 0) is 19.4 Å². The van der Waals surface area contributed by atoms with E-state index in [-0.39, 0.29) is 17.0 Å². The summed E-state index contributed by atoms with van der Waals surface area (Å²) in [5.74, 6) is -1.42. The largest absolute Gasteiger partial charge is 0.478 e. The standard InChI is InChI=1S/C18H15NO3/c1-10-6-8-12(9-7-10)17(20)16-14(18(21)22)13-5-3-4-11(2)15(13)19-16/h3-9,19H,1-2H3,(H,21,22). The van der Waals surface area contributed by atoms with Crippen LogP contribution in [0.15, 0.2) is 42.5 Å². The summed E-state index contributed by atoms with van der Waals surface area (Å²) >= 11 is 0. The maximum atomic E-state index is 12.7. The zero-order valence-electron chi connectivity index (χ0n) is 12.3. The number of aromatic nitrogens is 1. The number of hydrogen-bond acceptors (Lipinski definition) is 2. The number of aromatic carboxylic acids is 1. The predicted octanol–water partition coefficient (Wildman–Crippen LogP) is 3.71. The average Bonchev–Trinajstić information content (AvgIpc) is 2.88. The third-order valence-corrected chi connectivity index (χ3v) is 3.80. The molecule has 0 aliphatic heterocycles. The van der Waals surface area contributed by atoms with E-state index >= 15 is 0 Å². The fourth-order valence-electron chi connectivity index (χ4n) is 2.61. The molecular weight excluding hydrogens is 278 g/mol. The maximum absolute atomic E-state index is 12.7. The second-order valence-corrected chi connectivity index (χ2v) is 5.37. The van der Waals surface area contributed by atoms with E-state index in [4.69, 9.17) is 0 Å². The number of ketones is 1. The summed E-state index contributed by atoms with van der Waals surface area (Å²) in [5.41, 5.74) is 3.27. The van der Waals surface area contributed by atoms with Crippen LogP contribution >= 0.6 is 0 Å². The van der Waals surface area contributed by atoms with Gasteiger partial charge in [-0.3, -0.25) is 4.79 Å². The molecule has 0 aliphatic carbocycles. The van der Waals surface area contributed by atoms with E-state index in [0.717, 1.165) is 11.1 Å². The van der Waals surface area contributed by atoms with E-state index in [2.05, 4.69) is 4.98 Å². The number of nitrogens with one attached hydrogen (secondary N) is 1. The molecule has 0 unspecified atom stereocenters. The Bertz CT molecular complexity index is 889. The number of hydrogen-bond donors (Lipinski definition) is 2. The Balaban J connectivity index is 2.24. The van der Waals surface area contributed by atoms with Gasteiger partial charge in [-0.2, -0.15) is 0 Å². The highest BCUT2D eigenvalue weighted by Gasteiger charge is 2.24. The molecule has 0 amide bonds. The summed E-state index contributed by atoms with van der Waals surface area (Å²) in [7, 11) is 0. The Morgan fingerprint density at radius 1 is 1.00 bits per heavy atom. The minimum absolute atomic E-state index is 0.0317. The van der Waals surface area contributed by atoms with Crippen molar-refractivity contribution in [1.82, 2.24) is 4.98 Å². The van der Waals surface area contributed by atoms with Crippen molar-refractivity contribution in [3.8, 4) is 0 Å². The van der Waals surface area contributed by atoms with Gasteiger partial charge in [0.1, 0.15) is 5.69 Å². The fourth-order valence-corrected chi connectivity index (χ4v) is 2.61. The molecule has 3 rings (SSSR count). The minimum Gasteiger partial charge on any atom is -0.478 e. The first-order valence-electron chi connectivity index (χ1n) is 6.95. The summed E-state index contributed by atoms with van der Waals surface area (Å²) in [4.78, 5) is 27.3. The molecule has 1 heterocycles. The van der Waals surface area contributed by atoms with Crippen LogP contribution in [0.1, 0.15) is 37.5 Å². The lowest BCUT2D eigenvalue weighted by atomic mass is 10.0. The fraction of sp³-hybridized carbons (Fsp3) is 0.111. The lowest BCUT2D eigenvalue weighted by Gasteiger charge is -2.01. The van der Waals surface area contributed by atoms with Crippen LogP contribution in [0, 0.1) is 13.8 Å². The number of aryl methyl sites for hydroxylation is 2. The van der Waals surface area contributed by atoms with Crippen LogP contribution < -0.4 is 0 Å². The lowest BCUT2D eigenvalue weighted by molar-refractivity contribution is 0.0695. The van der Waals surface area contributed by atoms with Crippen molar-refractivity contribution in [1.29, 1.82) is 0 Å². The summed E-state index contributed by atoms with van der Waals surface area (Å²) in [6, 6.07) is 12.5. The van der Waals surface area contributed by atoms with Crippen LogP contribution in [0.2, 0.25) is 0 Å². The zero-order valence-corrected chi connectivity index (χ0v) is 12.3. The molecule has 1 aromatic heterocycles. The molecule has 2 aromatic carbocycles. The Kier molecular flexibility index (Phi) is 3.29. The van der Waals surface area contributed by atoms with Crippen LogP contribution in [0.25, 0.3) is 10.9 Å². The number of rotatable bonds is 3. The SMILES string of the molecule is Cc1ccc(C(=O)c2[nH]c3c(C)cccc3c2C(=O)O)cc1. The Labute approximate surface area is 127 Å². The van der Waals surface area contributed by atoms with Gasteiger partial charge in [0.15, 0.2) is 0 Å². The van der Waals surface area contributed by atoms with E-state index in [9.17, 15) is 14.7 Å². The number of H-pyrrole nitrogens is 1. The van der Waals surface area contributed by atoms with Gasteiger partial charge in [-0.15, -0.1) is 0 Å². The first kappa shape index (κ1) is 14.1. The van der Waals surface area contributed by atoms with Gasteiger partial charge in [-0.25, -0.2) is 4.79 Å². The highest BCUT2D eigenvalue weighted by atomic mass is 16.4. The first-order valence-corrected chi connectivity index (χ1v) is 6.95. The Hall–Kier alpha value is -2.88. The normalized spacial score (nSPS) is 10.8. The molecule has 0 fully saturated rings. The minimum atomic E-state index is -1.10. The van der Waals surface area contributed by atoms with Crippen molar-refractivity contribution in [3.63, 3.8) is 0 Å². The monoisotopic (exact) mass is 293 g/mol.